The van der Waals surface area contributed by atoms with E-state index < -0.39 is 5.54 Å². The van der Waals surface area contributed by atoms with E-state index in [1.54, 1.807) is 22.9 Å². The van der Waals surface area contributed by atoms with Gasteiger partial charge in [-0.05, 0) is 19.9 Å². The number of aromatic nitrogens is 2. The van der Waals surface area contributed by atoms with Crippen molar-refractivity contribution < 1.29 is 4.79 Å². The molecule has 1 unspecified atom stereocenters. The fraction of sp³-hybridized carbons (Fsp3) is 0.462. The molecule has 2 aromatic heterocycles. The van der Waals surface area contributed by atoms with Crippen LogP contribution in [0.2, 0.25) is 0 Å². The van der Waals surface area contributed by atoms with E-state index in [1.165, 1.54) is 11.3 Å². The van der Waals surface area contributed by atoms with E-state index in [4.69, 9.17) is 5.73 Å². The Kier molecular flexibility index (Phi) is 4.85. The Bertz CT molecular complexity index is 567. The molecule has 0 fully saturated rings. The number of thiazole rings is 2. The van der Waals surface area contributed by atoms with Crippen LogP contribution in [0.4, 0.5) is 0 Å². The number of nitrogens with zero attached hydrogens (tertiary/aromatic N) is 2. The number of hydrogen-bond acceptors (Lipinski definition) is 6. The van der Waals surface area contributed by atoms with Gasteiger partial charge in [-0.15, -0.1) is 22.7 Å². The first-order valence-electron chi connectivity index (χ1n) is 6.46. The molecule has 7 heteroatoms. The van der Waals surface area contributed by atoms with Crippen LogP contribution in [-0.2, 0) is 12.0 Å². The molecule has 1 amide bonds. The Balaban J connectivity index is 2.12. The molecule has 0 saturated carbocycles. The number of nitrogens with two attached hydrogens (primary N) is 1. The van der Waals surface area contributed by atoms with Gasteiger partial charge in [0.15, 0.2) is 0 Å². The second-order valence-corrected chi connectivity index (χ2v) is 6.48. The molecule has 108 valence electrons. The van der Waals surface area contributed by atoms with E-state index in [0.717, 1.165) is 16.4 Å². The van der Waals surface area contributed by atoms with Crippen LogP contribution in [0.15, 0.2) is 17.0 Å². The molecule has 1 atom stereocenters. The first-order valence-corrected chi connectivity index (χ1v) is 8.22. The lowest BCUT2D eigenvalue weighted by Gasteiger charge is -2.26. The van der Waals surface area contributed by atoms with Crippen LogP contribution in [0.3, 0.4) is 0 Å². The van der Waals surface area contributed by atoms with Gasteiger partial charge in [-0.3, -0.25) is 4.79 Å². The van der Waals surface area contributed by atoms with Crippen LogP contribution in [-0.4, -0.2) is 22.4 Å². The quantitative estimate of drug-likeness (QED) is 0.856. The molecule has 20 heavy (non-hydrogen) atoms. The molecular formula is C13H18N4OS2. The first-order chi connectivity index (χ1) is 9.59. The highest BCUT2D eigenvalue weighted by Crippen LogP contribution is 2.26. The zero-order valence-corrected chi connectivity index (χ0v) is 13.2. The molecule has 2 rings (SSSR count). The SMILES string of the molecule is CCC(C)(NC(=O)c1csc(CCN)n1)c1nccs1. The monoisotopic (exact) mass is 310 g/mol. The Labute approximate surface area is 126 Å². The Morgan fingerprint density at radius 3 is 2.90 bits per heavy atom. The number of amides is 1. The smallest absolute Gasteiger partial charge is 0.271 e. The van der Waals surface area contributed by atoms with E-state index in [1.807, 2.05) is 19.2 Å². The maximum atomic E-state index is 12.3. The summed E-state index contributed by atoms with van der Waals surface area (Å²) >= 11 is 3.01. The van der Waals surface area contributed by atoms with E-state index >= 15 is 0 Å². The molecule has 5 nitrogen and oxygen atoms in total. The Morgan fingerprint density at radius 2 is 2.30 bits per heavy atom. The zero-order valence-electron chi connectivity index (χ0n) is 11.5. The van der Waals surface area contributed by atoms with Gasteiger partial charge in [-0.25, -0.2) is 9.97 Å². The number of carbonyl (C=O) groups is 1. The van der Waals surface area contributed by atoms with Crippen molar-refractivity contribution in [1.29, 1.82) is 0 Å². The summed E-state index contributed by atoms with van der Waals surface area (Å²) in [6.45, 7) is 4.56. The highest BCUT2D eigenvalue weighted by Gasteiger charge is 2.30. The largest absolute Gasteiger partial charge is 0.339 e. The van der Waals surface area contributed by atoms with Crippen LogP contribution >= 0.6 is 22.7 Å². The lowest BCUT2D eigenvalue weighted by molar-refractivity contribution is 0.0897. The van der Waals surface area contributed by atoms with Gasteiger partial charge >= 0.3 is 0 Å². The number of nitrogens with one attached hydrogen (secondary N) is 1. The molecule has 0 radical (unpaired) electrons. The summed E-state index contributed by atoms with van der Waals surface area (Å²) in [7, 11) is 0. The Morgan fingerprint density at radius 1 is 1.50 bits per heavy atom. The third kappa shape index (κ3) is 3.23. The summed E-state index contributed by atoms with van der Waals surface area (Å²) in [6, 6.07) is 0. The summed E-state index contributed by atoms with van der Waals surface area (Å²) in [4.78, 5) is 20.9. The summed E-state index contributed by atoms with van der Waals surface area (Å²) in [5, 5.41) is 8.53. The third-order valence-electron chi connectivity index (χ3n) is 3.14. The van der Waals surface area contributed by atoms with Crippen LogP contribution in [0.25, 0.3) is 0 Å². The number of hydrogen-bond donors (Lipinski definition) is 2. The van der Waals surface area contributed by atoms with Crippen molar-refractivity contribution >= 4 is 28.6 Å². The van der Waals surface area contributed by atoms with Crippen molar-refractivity contribution in [2.24, 2.45) is 5.73 Å². The van der Waals surface area contributed by atoms with Gasteiger partial charge < -0.3 is 11.1 Å². The van der Waals surface area contributed by atoms with Crippen LogP contribution in [0, 0.1) is 0 Å². The van der Waals surface area contributed by atoms with Gasteiger partial charge in [0.05, 0.1) is 10.5 Å². The third-order valence-corrected chi connectivity index (χ3v) is 5.09. The van der Waals surface area contributed by atoms with Crippen molar-refractivity contribution in [2.75, 3.05) is 6.54 Å². The van der Waals surface area contributed by atoms with E-state index in [0.29, 0.717) is 18.7 Å². The van der Waals surface area contributed by atoms with Crippen molar-refractivity contribution in [3.05, 3.63) is 32.7 Å². The Hall–Kier alpha value is -1.31. The molecule has 0 aromatic carbocycles. The summed E-state index contributed by atoms with van der Waals surface area (Å²) < 4.78 is 0. The lowest BCUT2D eigenvalue weighted by atomic mass is 9.99. The fourth-order valence-electron chi connectivity index (χ4n) is 1.76. The second-order valence-electron chi connectivity index (χ2n) is 4.64. The van der Waals surface area contributed by atoms with Gasteiger partial charge in [-0.1, -0.05) is 6.92 Å². The number of rotatable bonds is 6. The molecular weight excluding hydrogens is 292 g/mol. The van der Waals surface area contributed by atoms with Crippen LogP contribution in [0.1, 0.15) is 40.8 Å². The molecule has 0 aliphatic heterocycles. The molecule has 0 aliphatic rings. The molecule has 0 spiro atoms. The fourth-order valence-corrected chi connectivity index (χ4v) is 3.38. The molecule has 0 bridgehead atoms. The van der Waals surface area contributed by atoms with Crippen molar-refractivity contribution in [1.82, 2.24) is 15.3 Å². The van der Waals surface area contributed by atoms with Crippen LogP contribution in [0.5, 0.6) is 0 Å². The topological polar surface area (TPSA) is 80.9 Å². The highest BCUT2D eigenvalue weighted by atomic mass is 32.1. The second kappa shape index (κ2) is 6.43. The predicted molar refractivity (Wildman–Crippen MR) is 82.1 cm³/mol. The van der Waals surface area contributed by atoms with Crippen molar-refractivity contribution in [3.63, 3.8) is 0 Å². The molecule has 2 heterocycles. The summed E-state index contributed by atoms with van der Waals surface area (Å²) in [6.07, 6.45) is 3.23. The molecule has 0 aliphatic carbocycles. The predicted octanol–water partition coefficient (Wildman–Crippen LogP) is 2.16. The average molecular weight is 310 g/mol. The molecule has 2 aromatic rings. The average Bonchev–Trinajstić information content (AvgIpc) is 3.10. The van der Waals surface area contributed by atoms with E-state index in [-0.39, 0.29) is 5.91 Å². The van der Waals surface area contributed by atoms with Gasteiger partial charge in [0, 0.05) is 23.4 Å². The first kappa shape index (κ1) is 15.1. The minimum absolute atomic E-state index is 0.163. The van der Waals surface area contributed by atoms with Crippen molar-refractivity contribution in [2.45, 2.75) is 32.2 Å². The van der Waals surface area contributed by atoms with Gasteiger partial charge in [0.25, 0.3) is 5.91 Å². The number of carbonyl (C=O) groups excluding carboxylic acids is 1. The molecule has 0 saturated heterocycles. The molecule has 3 N–H and O–H groups in total. The van der Waals surface area contributed by atoms with Gasteiger partial charge in [-0.2, -0.15) is 0 Å². The van der Waals surface area contributed by atoms with Gasteiger partial charge in [0.2, 0.25) is 0 Å². The minimum Gasteiger partial charge on any atom is -0.339 e. The highest BCUT2D eigenvalue weighted by molar-refractivity contribution is 7.10. The van der Waals surface area contributed by atoms with Crippen LogP contribution < -0.4 is 11.1 Å². The maximum Gasteiger partial charge on any atom is 0.271 e. The van der Waals surface area contributed by atoms with Gasteiger partial charge in [0.1, 0.15) is 10.7 Å². The van der Waals surface area contributed by atoms with Crippen molar-refractivity contribution in [3.8, 4) is 0 Å². The van der Waals surface area contributed by atoms with E-state index in [9.17, 15) is 4.79 Å². The summed E-state index contributed by atoms with van der Waals surface area (Å²) in [5.74, 6) is -0.163. The maximum absolute atomic E-state index is 12.3. The zero-order chi connectivity index (χ0) is 14.6. The normalized spacial score (nSPS) is 13.9. The lowest BCUT2D eigenvalue weighted by Crippen LogP contribution is -2.43. The van der Waals surface area contributed by atoms with E-state index in [2.05, 4.69) is 15.3 Å². The summed E-state index contributed by atoms with van der Waals surface area (Å²) in [5.41, 5.74) is 5.49. The standard InChI is InChI=1S/C13H18N4OS2/c1-3-13(2,12-15-6-7-19-12)17-11(18)9-8-20-10(16-9)4-5-14/h6-8H,3-5,14H2,1-2H3,(H,17,18). The minimum atomic E-state index is -0.455.